The molecule has 0 radical (unpaired) electrons. The molecule has 1 aromatic carbocycles. The first-order valence-electron chi connectivity index (χ1n) is 8.20. The molecule has 8 heteroatoms. The van der Waals surface area contributed by atoms with Crippen molar-refractivity contribution < 1.29 is 13.2 Å². The van der Waals surface area contributed by atoms with Gasteiger partial charge in [0.25, 0.3) is 10.2 Å². The number of carbonyl (C=O) groups is 1. The Kier molecular flexibility index (Phi) is 6.34. The van der Waals surface area contributed by atoms with E-state index in [4.69, 9.17) is 0 Å². The Morgan fingerprint density at radius 1 is 1.17 bits per heavy atom. The summed E-state index contributed by atoms with van der Waals surface area (Å²) in [4.78, 5) is 14.4. The molecular weight excluding hydrogens is 328 g/mol. The molecule has 1 saturated heterocycles. The minimum Gasteiger partial charge on any atom is -0.325 e. The van der Waals surface area contributed by atoms with Crippen molar-refractivity contribution in [1.82, 2.24) is 13.9 Å². The van der Waals surface area contributed by atoms with Gasteiger partial charge in [-0.1, -0.05) is 19.1 Å². The number of carbonyl (C=O) groups excluding carboxylic acids is 1. The Hall–Kier alpha value is -1.48. The summed E-state index contributed by atoms with van der Waals surface area (Å²) in [5.74, 6) is -0.0795. The largest absolute Gasteiger partial charge is 0.325 e. The first kappa shape index (κ1) is 18.9. The zero-order chi connectivity index (χ0) is 17.7. The highest BCUT2D eigenvalue weighted by molar-refractivity contribution is 7.87. The minimum atomic E-state index is -3.39. The van der Waals surface area contributed by atoms with Crippen LogP contribution in [0.3, 0.4) is 0 Å². The van der Waals surface area contributed by atoms with Crippen molar-refractivity contribution in [1.29, 1.82) is 0 Å². The fourth-order valence-electron chi connectivity index (χ4n) is 2.70. The van der Waals surface area contributed by atoms with Crippen LogP contribution in [0.1, 0.15) is 19.4 Å². The van der Waals surface area contributed by atoms with Crippen LogP contribution in [0.15, 0.2) is 24.3 Å². The lowest BCUT2D eigenvalue weighted by Gasteiger charge is -2.36. The van der Waals surface area contributed by atoms with Crippen molar-refractivity contribution in [2.75, 3.05) is 38.5 Å². The fourth-order valence-corrected chi connectivity index (χ4v) is 3.60. The molecule has 2 N–H and O–H groups in total. The van der Waals surface area contributed by atoms with Crippen molar-refractivity contribution in [2.24, 2.45) is 0 Å². The van der Waals surface area contributed by atoms with E-state index in [2.05, 4.69) is 17.0 Å². The third-order valence-corrected chi connectivity index (χ3v) is 5.99. The lowest BCUT2D eigenvalue weighted by Crippen LogP contribution is -2.55. The van der Waals surface area contributed by atoms with E-state index >= 15 is 0 Å². The maximum Gasteiger partial charge on any atom is 0.279 e. The van der Waals surface area contributed by atoms with Gasteiger partial charge in [0.15, 0.2) is 0 Å². The smallest absolute Gasteiger partial charge is 0.279 e. The zero-order valence-corrected chi connectivity index (χ0v) is 15.3. The third-order valence-electron chi connectivity index (χ3n) is 4.43. The maximum absolute atomic E-state index is 12.4. The molecule has 0 aromatic heterocycles. The number of anilines is 1. The van der Waals surface area contributed by atoms with Crippen LogP contribution in [-0.2, 0) is 21.4 Å². The van der Waals surface area contributed by atoms with E-state index in [1.165, 1.54) is 16.9 Å². The van der Waals surface area contributed by atoms with Crippen LogP contribution in [0.4, 0.5) is 5.69 Å². The molecule has 0 saturated carbocycles. The molecule has 1 atom stereocenters. The number of rotatable bonds is 6. The van der Waals surface area contributed by atoms with Crippen LogP contribution in [0.2, 0.25) is 0 Å². The van der Waals surface area contributed by atoms with Crippen molar-refractivity contribution in [2.45, 2.75) is 26.3 Å². The number of amides is 1. The highest BCUT2D eigenvalue weighted by atomic mass is 32.2. The number of benzene rings is 1. The first-order chi connectivity index (χ1) is 11.4. The second-order valence-electron chi connectivity index (χ2n) is 5.86. The van der Waals surface area contributed by atoms with Crippen LogP contribution >= 0.6 is 0 Å². The van der Waals surface area contributed by atoms with Gasteiger partial charge in [-0.3, -0.25) is 9.69 Å². The average Bonchev–Trinajstić information content (AvgIpc) is 2.61. The normalized spacial score (nSPS) is 18.3. The van der Waals surface area contributed by atoms with Crippen LogP contribution in [0, 0.1) is 0 Å². The third kappa shape index (κ3) is 4.54. The quantitative estimate of drug-likeness (QED) is 0.786. The molecule has 1 unspecified atom stereocenters. The Labute approximate surface area is 144 Å². The summed E-state index contributed by atoms with van der Waals surface area (Å²) in [6.07, 6.45) is 0.963. The number of nitrogens with one attached hydrogen (secondary N) is 2. The van der Waals surface area contributed by atoms with Gasteiger partial charge in [-0.15, -0.1) is 0 Å². The molecule has 1 aliphatic rings. The molecule has 7 nitrogen and oxygen atoms in total. The second-order valence-corrected chi connectivity index (χ2v) is 7.73. The summed E-state index contributed by atoms with van der Waals surface area (Å²) in [5.41, 5.74) is 2.00. The maximum atomic E-state index is 12.4. The molecule has 134 valence electrons. The number of nitrogens with zero attached hydrogens (tertiary/aromatic N) is 2. The molecule has 0 bridgehead atoms. The lowest BCUT2D eigenvalue weighted by atomic mass is 10.1. The second kappa shape index (κ2) is 8.06. The van der Waals surface area contributed by atoms with Gasteiger partial charge in [0, 0.05) is 38.9 Å². The predicted molar refractivity (Wildman–Crippen MR) is 95.0 cm³/mol. The molecule has 1 heterocycles. The number of hydrogen-bond donors (Lipinski definition) is 2. The summed E-state index contributed by atoms with van der Waals surface area (Å²) in [7, 11) is -1.99. The van der Waals surface area contributed by atoms with Crippen molar-refractivity contribution >= 4 is 21.8 Å². The summed E-state index contributed by atoms with van der Waals surface area (Å²) in [6.45, 7) is 5.76. The van der Waals surface area contributed by atoms with E-state index in [1.54, 1.807) is 0 Å². The van der Waals surface area contributed by atoms with Crippen LogP contribution < -0.4 is 10.0 Å². The Morgan fingerprint density at radius 2 is 1.75 bits per heavy atom. The van der Waals surface area contributed by atoms with E-state index in [0.29, 0.717) is 26.2 Å². The van der Waals surface area contributed by atoms with Gasteiger partial charge in [0.1, 0.15) is 0 Å². The zero-order valence-electron chi connectivity index (χ0n) is 14.4. The summed E-state index contributed by atoms with van der Waals surface area (Å²) in [5, 5.41) is 2.92. The van der Waals surface area contributed by atoms with E-state index < -0.39 is 10.2 Å². The summed E-state index contributed by atoms with van der Waals surface area (Å²) < 4.78 is 27.3. The fraction of sp³-hybridized carbons (Fsp3) is 0.562. The summed E-state index contributed by atoms with van der Waals surface area (Å²) in [6, 6.07) is 7.50. The van der Waals surface area contributed by atoms with Crippen LogP contribution in [0.5, 0.6) is 0 Å². The number of aryl methyl sites for hydroxylation is 1. The highest BCUT2D eigenvalue weighted by Crippen LogP contribution is 2.13. The van der Waals surface area contributed by atoms with Gasteiger partial charge >= 0.3 is 0 Å². The minimum absolute atomic E-state index is 0.0795. The van der Waals surface area contributed by atoms with E-state index in [-0.39, 0.29) is 11.9 Å². The van der Waals surface area contributed by atoms with E-state index in [9.17, 15) is 13.2 Å². The van der Waals surface area contributed by atoms with Gasteiger partial charge in [-0.05, 0) is 31.0 Å². The number of piperazine rings is 1. The summed E-state index contributed by atoms with van der Waals surface area (Å²) >= 11 is 0. The molecule has 1 aromatic rings. The Bertz CT molecular complexity index is 652. The van der Waals surface area contributed by atoms with Gasteiger partial charge in [-0.2, -0.15) is 12.7 Å². The van der Waals surface area contributed by atoms with Crippen molar-refractivity contribution in [3.8, 4) is 0 Å². The SMILES string of the molecule is CCc1ccc(NC(=O)C(C)N2CCN(S(=O)(=O)NC)CC2)cc1. The topological polar surface area (TPSA) is 81.8 Å². The molecule has 0 spiro atoms. The van der Waals surface area contributed by atoms with Gasteiger partial charge in [0.05, 0.1) is 6.04 Å². The number of hydrogen-bond acceptors (Lipinski definition) is 4. The molecule has 2 rings (SSSR count). The lowest BCUT2D eigenvalue weighted by molar-refractivity contribution is -0.121. The van der Waals surface area contributed by atoms with Crippen molar-refractivity contribution in [3.05, 3.63) is 29.8 Å². The molecular formula is C16H26N4O3S. The predicted octanol–water partition coefficient (Wildman–Crippen LogP) is 0.658. The first-order valence-corrected chi connectivity index (χ1v) is 9.64. The van der Waals surface area contributed by atoms with Gasteiger partial charge in [0.2, 0.25) is 5.91 Å². The monoisotopic (exact) mass is 354 g/mol. The van der Waals surface area contributed by atoms with Crippen molar-refractivity contribution in [3.63, 3.8) is 0 Å². The van der Waals surface area contributed by atoms with Gasteiger partial charge in [-0.25, -0.2) is 4.72 Å². The van der Waals surface area contributed by atoms with Crippen LogP contribution in [0.25, 0.3) is 0 Å². The molecule has 1 amide bonds. The standard InChI is InChI=1S/C16H26N4O3S/c1-4-14-5-7-15(8-6-14)18-16(21)13(2)19-9-11-20(12-10-19)24(22,23)17-3/h5-8,13,17H,4,9-12H2,1-3H3,(H,18,21). The Morgan fingerprint density at radius 3 is 2.25 bits per heavy atom. The van der Waals surface area contributed by atoms with Crippen LogP contribution in [-0.4, -0.2) is 62.8 Å². The molecule has 24 heavy (non-hydrogen) atoms. The molecule has 1 aliphatic heterocycles. The van der Waals surface area contributed by atoms with Gasteiger partial charge < -0.3 is 5.32 Å². The molecule has 0 aliphatic carbocycles. The molecule has 1 fully saturated rings. The van der Waals surface area contributed by atoms with E-state index in [0.717, 1.165) is 12.1 Å². The Balaban J connectivity index is 1.89. The average molecular weight is 354 g/mol. The highest BCUT2D eigenvalue weighted by Gasteiger charge is 2.30. The van der Waals surface area contributed by atoms with E-state index in [1.807, 2.05) is 36.1 Å².